The number of amides is 4. The van der Waals surface area contributed by atoms with E-state index in [1.54, 1.807) is 49.6 Å². The molecule has 9 nitrogen and oxygen atoms in total. The first kappa shape index (κ1) is 34.2. The molecule has 52 heavy (non-hydrogen) atoms. The minimum Gasteiger partial charge on any atom is -0.508 e. The van der Waals surface area contributed by atoms with E-state index in [1.165, 1.54) is 11.0 Å². The Bertz CT molecular complexity index is 2230. The fraction of sp³-hybridized carbons (Fsp3) is 0.317. The summed E-state index contributed by atoms with van der Waals surface area (Å²) in [6.45, 7) is 5.52. The number of ether oxygens (including phenoxy) is 1. The van der Waals surface area contributed by atoms with Crippen LogP contribution in [-0.2, 0) is 24.6 Å². The number of benzene rings is 4. The molecule has 0 bridgehead atoms. The third-order valence-electron chi connectivity index (χ3n) is 11.5. The molecule has 3 fully saturated rings. The molecule has 1 saturated carbocycles. The van der Waals surface area contributed by atoms with Gasteiger partial charge in [0.1, 0.15) is 11.5 Å². The molecule has 2 N–H and O–H groups in total. The number of fused-ring (bicyclic) bond motifs is 5. The van der Waals surface area contributed by atoms with Crippen molar-refractivity contribution in [1.29, 1.82) is 0 Å². The zero-order chi connectivity index (χ0) is 36.9. The second-order valence-corrected chi connectivity index (χ2v) is 16.0. The van der Waals surface area contributed by atoms with Crippen LogP contribution in [0.3, 0.4) is 0 Å². The molecule has 0 unspecified atom stereocenters. The van der Waals surface area contributed by atoms with Gasteiger partial charge in [-0.05, 0) is 92.3 Å². The van der Waals surface area contributed by atoms with Gasteiger partial charge in [-0.1, -0.05) is 77.3 Å². The van der Waals surface area contributed by atoms with E-state index in [2.05, 4.69) is 5.43 Å². The molecular formula is C41H37Cl2N3O6. The number of imide groups is 2. The summed E-state index contributed by atoms with van der Waals surface area (Å²) in [7, 11) is 1.55. The Labute approximate surface area is 311 Å². The number of phenolic OH excluding ortho intramolecular Hbond substituents is 1. The lowest BCUT2D eigenvalue weighted by Gasteiger charge is -2.51. The summed E-state index contributed by atoms with van der Waals surface area (Å²) in [4.78, 5) is 60.2. The van der Waals surface area contributed by atoms with Crippen LogP contribution in [0.2, 0.25) is 10.0 Å². The summed E-state index contributed by atoms with van der Waals surface area (Å²) >= 11 is 12.8. The van der Waals surface area contributed by atoms with Gasteiger partial charge in [-0.25, -0.2) is 0 Å². The van der Waals surface area contributed by atoms with Crippen molar-refractivity contribution >= 4 is 63.3 Å². The van der Waals surface area contributed by atoms with Crippen molar-refractivity contribution in [3.63, 3.8) is 0 Å². The van der Waals surface area contributed by atoms with Crippen LogP contribution in [0, 0.1) is 23.7 Å². The highest BCUT2D eigenvalue weighted by atomic mass is 35.5. The van der Waals surface area contributed by atoms with E-state index in [9.17, 15) is 14.7 Å². The third-order valence-corrected chi connectivity index (χ3v) is 12.0. The minimum absolute atomic E-state index is 0.0449. The second kappa shape index (κ2) is 12.1. The van der Waals surface area contributed by atoms with Crippen molar-refractivity contribution in [2.45, 2.75) is 50.5 Å². The predicted octanol–water partition coefficient (Wildman–Crippen LogP) is 7.64. The Morgan fingerprint density at radius 2 is 1.62 bits per heavy atom. The Morgan fingerprint density at radius 1 is 0.885 bits per heavy atom. The predicted molar refractivity (Wildman–Crippen MR) is 198 cm³/mol. The van der Waals surface area contributed by atoms with Crippen molar-refractivity contribution in [2.75, 3.05) is 12.5 Å². The number of anilines is 1. The number of allylic oxidation sites excluding steroid dienone is 2. The van der Waals surface area contributed by atoms with Crippen LogP contribution in [0.4, 0.5) is 5.69 Å². The summed E-state index contributed by atoms with van der Waals surface area (Å²) in [5, 5.41) is 15.1. The Balaban J connectivity index is 1.41. The lowest BCUT2D eigenvalue weighted by molar-refractivity contribution is -0.146. The number of phenols is 1. The maximum absolute atomic E-state index is 15.5. The van der Waals surface area contributed by atoms with Gasteiger partial charge >= 0.3 is 0 Å². The second-order valence-electron chi connectivity index (χ2n) is 15.1. The maximum Gasteiger partial charge on any atom is 0.260 e. The number of halogens is 2. The molecular weight excluding hydrogens is 701 g/mol. The summed E-state index contributed by atoms with van der Waals surface area (Å²) in [5.74, 6) is -4.89. The zero-order valence-electron chi connectivity index (χ0n) is 29.0. The number of nitrogens with zero attached hydrogens (tertiary/aromatic N) is 2. The fourth-order valence-corrected chi connectivity index (χ4v) is 9.86. The van der Waals surface area contributed by atoms with Gasteiger partial charge in [-0.3, -0.25) is 29.5 Å². The van der Waals surface area contributed by atoms with Crippen LogP contribution in [-0.4, -0.2) is 51.3 Å². The first-order valence-electron chi connectivity index (χ1n) is 17.3. The largest absolute Gasteiger partial charge is 0.508 e. The lowest BCUT2D eigenvalue weighted by Crippen LogP contribution is -2.53. The van der Waals surface area contributed by atoms with Gasteiger partial charge in [0.25, 0.3) is 11.8 Å². The standard InChI is InChI=1S/C41H37Cl2N3O6/c1-40(2,3)45-36(48)27-16-15-26-28(33(27)38(45)50)20-29-37(49)46(44-31-17-12-23(42)19-30(31)43)39(51)41(29,22-10-13-24(52-4)14-11-22)35(26)34-25-8-6-5-7-21(25)9-18-32(34)47/h5-15,17-19,27-29,33,35,44,47H,16,20H2,1-4H3/t27-,28+,29-,33-,35+,41+/m0/s1. The lowest BCUT2D eigenvalue weighted by atomic mass is 9.48. The highest BCUT2D eigenvalue weighted by molar-refractivity contribution is 6.36. The van der Waals surface area contributed by atoms with Gasteiger partial charge in [-0.2, -0.15) is 5.01 Å². The summed E-state index contributed by atoms with van der Waals surface area (Å²) in [5.41, 5.74) is 2.74. The van der Waals surface area contributed by atoms with Crippen LogP contribution < -0.4 is 10.2 Å². The quantitative estimate of drug-likeness (QED) is 0.160. The number of hydrogen-bond donors (Lipinski definition) is 2. The molecule has 8 rings (SSSR count). The van der Waals surface area contributed by atoms with Crippen LogP contribution >= 0.6 is 23.2 Å². The van der Waals surface area contributed by atoms with Gasteiger partial charge < -0.3 is 9.84 Å². The molecule has 4 aromatic rings. The normalized spacial score (nSPS) is 27.0. The summed E-state index contributed by atoms with van der Waals surface area (Å²) in [6.07, 6.45) is 2.39. The highest BCUT2D eigenvalue weighted by Crippen LogP contribution is 2.65. The minimum atomic E-state index is -1.60. The van der Waals surface area contributed by atoms with Gasteiger partial charge in [0.15, 0.2) is 0 Å². The smallest absolute Gasteiger partial charge is 0.260 e. The number of rotatable bonds is 5. The van der Waals surface area contributed by atoms with Crippen LogP contribution in [0.5, 0.6) is 11.5 Å². The van der Waals surface area contributed by atoms with Crippen molar-refractivity contribution in [1.82, 2.24) is 9.91 Å². The number of carbonyl (C=O) groups is 4. The van der Waals surface area contributed by atoms with E-state index < -0.39 is 52.4 Å². The molecule has 4 aliphatic rings. The van der Waals surface area contributed by atoms with Crippen molar-refractivity contribution < 1.29 is 29.0 Å². The van der Waals surface area contributed by atoms with E-state index in [-0.39, 0.29) is 35.4 Å². The number of nitrogens with one attached hydrogen (secondary N) is 1. The summed E-state index contributed by atoms with van der Waals surface area (Å²) in [6, 6.07) is 22.8. The highest BCUT2D eigenvalue weighted by Gasteiger charge is 2.71. The van der Waals surface area contributed by atoms with Gasteiger partial charge in [0.2, 0.25) is 11.8 Å². The number of carbonyl (C=O) groups excluding carboxylic acids is 4. The molecule has 4 amide bonds. The van der Waals surface area contributed by atoms with Crippen LogP contribution in [0.15, 0.2) is 90.5 Å². The topological polar surface area (TPSA) is 116 Å². The number of hydrazine groups is 1. The molecule has 0 spiro atoms. The number of hydrogen-bond acceptors (Lipinski definition) is 7. The molecule has 0 aromatic heterocycles. The molecule has 2 heterocycles. The zero-order valence-corrected chi connectivity index (χ0v) is 30.5. The molecule has 6 atom stereocenters. The van der Waals surface area contributed by atoms with E-state index in [1.807, 2.05) is 57.2 Å². The first-order valence-corrected chi connectivity index (χ1v) is 18.1. The number of methoxy groups -OCH3 is 1. The molecule has 0 radical (unpaired) electrons. The van der Waals surface area contributed by atoms with Crippen molar-refractivity contribution in [3.8, 4) is 11.5 Å². The maximum atomic E-state index is 15.5. The molecule has 2 saturated heterocycles. The molecule has 2 aliphatic carbocycles. The summed E-state index contributed by atoms with van der Waals surface area (Å²) < 4.78 is 5.49. The van der Waals surface area contributed by atoms with E-state index in [0.29, 0.717) is 33.0 Å². The van der Waals surface area contributed by atoms with Crippen LogP contribution in [0.1, 0.15) is 50.7 Å². The first-order chi connectivity index (χ1) is 24.8. The van der Waals surface area contributed by atoms with E-state index in [0.717, 1.165) is 16.0 Å². The number of likely N-dealkylation sites (tertiary alicyclic amines) is 1. The van der Waals surface area contributed by atoms with Crippen molar-refractivity contribution in [3.05, 3.63) is 112 Å². The third kappa shape index (κ3) is 4.82. The Kier molecular flexibility index (Phi) is 7.97. The van der Waals surface area contributed by atoms with E-state index in [4.69, 9.17) is 27.9 Å². The monoisotopic (exact) mass is 737 g/mol. The Morgan fingerprint density at radius 3 is 2.31 bits per heavy atom. The van der Waals surface area contributed by atoms with Gasteiger partial charge in [-0.15, -0.1) is 0 Å². The average molecular weight is 739 g/mol. The Hall–Kier alpha value is -4.86. The molecule has 266 valence electrons. The molecule has 4 aromatic carbocycles. The SMILES string of the molecule is COc1ccc([C@@]23C(=O)N(Nc4ccc(Cl)cc4Cl)C(=O)[C@@H]2C[C@@H]2C(=CC[C@@H]4C(=O)N(C(C)(C)C)C(=O)[C@@H]42)[C@@H]3c2c(O)ccc3ccccc23)cc1. The molecule has 2 aliphatic heterocycles. The molecule has 11 heteroatoms. The van der Waals surface area contributed by atoms with Gasteiger partial charge in [0, 0.05) is 22.0 Å². The average Bonchev–Trinajstić information content (AvgIpc) is 3.50. The number of aromatic hydroxyl groups is 1. The van der Waals surface area contributed by atoms with E-state index >= 15 is 9.59 Å². The van der Waals surface area contributed by atoms with Crippen LogP contribution in [0.25, 0.3) is 10.8 Å². The van der Waals surface area contributed by atoms with Crippen molar-refractivity contribution in [2.24, 2.45) is 23.7 Å². The van der Waals surface area contributed by atoms with Gasteiger partial charge in [0.05, 0.1) is 41.0 Å². The fourth-order valence-electron chi connectivity index (χ4n) is 9.41.